The minimum absolute atomic E-state index is 0. The van der Waals surface area contributed by atoms with E-state index in [1.54, 1.807) is 4.90 Å². The molecule has 0 aliphatic carbocycles. The van der Waals surface area contributed by atoms with E-state index in [1.165, 1.54) is 0 Å². The molecule has 2 N–H and O–H groups in total. The number of hydrogen-bond donors (Lipinski definition) is 2. The SMILES string of the molecule is CCCC(=O)N1CCCC1C(=O)NCCN1CCNCC1.Cl. The summed E-state index contributed by atoms with van der Waals surface area (Å²) in [6.07, 6.45) is 3.12. The maximum Gasteiger partial charge on any atom is 0.242 e. The number of halogens is 1. The van der Waals surface area contributed by atoms with Crippen molar-refractivity contribution in [3.05, 3.63) is 0 Å². The lowest BCUT2D eigenvalue weighted by atomic mass is 10.2. The summed E-state index contributed by atoms with van der Waals surface area (Å²) in [6.45, 7) is 8.42. The smallest absolute Gasteiger partial charge is 0.242 e. The summed E-state index contributed by atoms with van der Waals surface area (Å²) in [7, 11) is 0. The Bertz CT molecular complexity index is 361. The van der Waals surface area contributed by atoms with Crippen molar-refractivity contribution in [2.45, 2.75) is 38.6 Å². The van der Waals surface area contributed by atoms with E-state index in [4.69, 9.17) is 0 Å². The van der Waals surface area contributed by atoms with Crippen molar-refractivity contribution in [3.8, 4) is 0 Å². The molecule has 0 aromatic rings. The van der Waals surface area contributed by atoms with Gasteiger partial charge in [-0.2, -0.15) is 0 Å². The number of amides is 2. The van der Waals surface area contributed by atoms with Crippen molar-refractivity contribution in [1.29, 1.82) is 0 Å². The summed E-state index contributed by atoms with van der Waals surface area (Å²) >= 11 is 0. The maximum atomic E-state index is 12.3. The molecule has 2 amide bonds. The third kappa shape index (κ3) is 5.41. The number of carbonyl (C=O) groups is 2. The first-order chi connectivity index (χ1) is 10.2. The normalized spacial score (nSPS) is 22.2. The maximum absolute atomic E-state index is 12.3. The number of hydrogen-bond acceptors (Lipinski definition) is 4. The number of nitrogens with zero attached hydrogens (tertiary/aromatic N) is 2. The van der Waals surface area contributed by atoms with Crippen LogP contribution in [0.4, 0.5) is 0 Å². The molecule has 0 aromatic heterocycles. The molecule has 0 bridgehead atoms. The summed E-state index contributed by atoms with van der Waals surface area (Å²) in [5, 5.41) is 6.32. The molecule has 2 heterocycles. The van der Waals surface area contributed by atoms with E-state index in [9.17, 15) is 9.59 Å². The van der Waals surface area contributed by atoms with Gasteiger partial charge in [0.25, 0.3) is 0 Å². The molecular formula is C15H29ClN4O2. The number of rotatable bonds is 6. The van der Waals surface area contributed by atoms with Gasteiger partial charge in [0.15, 0.2) is 0 Å². The predicted molar refractivity (Wildman–Crippen MR) is 89.2 cm³/mol. The van der Waals surface area contributed by atoms with Gasteiger partial charge < -0.3 is 15.5 Å². The van der Waals surface area contributed by atoms with Crippen LogP contribution >= 0.6 is 12.4 Å². The average molecular weight is 333 g/mol. The Balaban J connectivity index is 0.00000242. The first kappa shape index (κ1) is 19.2. The van der Waals surface area contributed by atoms with Gasteiger partial charge in [-0.1, -0.05) is 6.92 Å². The minimum atomic E-state index is -0.243. The summed E-state index contributed by atoms with van der Waals surface area (Å²) in [5.74, 6) is 0.143. The third-order valence-electron chi connectivity index (χ3n) is 4.28. The Kier molecular flexibility index (Phi) is 8.75. The molecule has 2 aliphatic rings. The van der Waals surface area contributed by atoms with Gasteiger partial charge in [-0.25, -0.2) is 0 Å². The Labute approximate surface area is 139 Å². The highest BCUT2D eigenvalue weighted by atomic mass is 35.5. The molecule has 2 rings (SSSR count). The van der Waals surface area contributed by atoms with Crippen LogP contribution in [0.5, 0.6) is 0 Å². The van der Waals surface area contributed by atoms with Gasteiger partial charge in [0.2, 0.25) is 11.8 Å². The highest BCUT2D eigenvalue weighted by Gasteiger charge is 2.33. The van der Waals surface area contributed by atoms with Gasteiger partial charge in [0.05, 0.1) is 0 Å². The molecule has 22 heavy (non-hydrogen) atoms. The van der Waals surface area contributed by atoms with Gasteiger partial charge in [0.1, 0.15) is 6.04 Å². The largest absolute Gasteiger partial charge is 0.353 e. The van der Waals surface area contributed by atoms with E-state index in [0.717, 1.165) is 58.5 Å². The zero-order chi connectivity index (χ0) is 15.1. The fraction of sp³-hybridized carbons (Fsp3) is 0.867. The van der Waals surface area contributed by atoms with E-state index < -0.39 is 0 Å². The molecule has 6 nitrogen and oxygen atoms in total. The molecule has 2 saturated heterocycles. The lowest BCUT2D eigenvalue weighted by Crippen LogP contribution is -2.49. The van der Waals surface area contributed by atoms with Crippen LogP contribution in [0.2, 0.25) is 0 Å². The van der Waals surface area contributed by atoms with Crippen LogP contribution in [-0.2, 0) is 9.59 Å². The Morgan fingerprint density at radius 3 is 2.64 bits per heavy atom. The molecule has 0 radical (unpaired) electrons. The fourth-order valence-electron chi connectivity index (χ4n) is 3.09. The van der Waals surface area contributed by atoms with Crippen molar-refractivity contribution in [1.82, 2.24) is 20.4 Å². The summed E-state index contributed by atoms with van der Waals surface area (Å²) in [6, 6.07) is -0.243. The van der Waals surface area contributed by atoms with Crippen LogP contribution in [0, 0.1) is 0 Å². The number of carbonyl (C=O) groups excluding carboxylic acids is 2. The van der Waals surface area contributed by atoms with E-state index >= 15 is 0 Å². The fourth-order valence-corrected chi connectivity index (χ4v) is 3.09. The minimum Gasteiger partial charge on any atom is -0.353 e. The van der Waals surface area contributed by atoms with Crippen LogP contribution in [0.1, 0.15) is 32.6 Å². The second kappa shape index (κ2) is 10.0. The van der Waals surface area contributed by atoms with Crippen LogP contribution in [0.15, 0.2) is 0 Å². The Morgan fingerprint density at radius 1 is 1.23 bits per heavy atom. The molecule has 7 heteroatoms. The van der Waals surface area contributed by atoms with Gasteiger partial charge >= 0.3 is 0 Å². The first-order valence-electron chi connectivity index (χ1n) is 8.22. The molecular weight excluding hydrogens is 304 g/mol. The molecule has 128 valence electrons. The van der Waals surface area contributed by atoms with E-state index in [2.05, 4.69) is 15.5 Å². The van der Waals surface area contributed by atoms with Gasteiger partial charge in [-0.05, 0) is 19.3 Å². The molecule has 1 atom stereocenters. The van der Waals surface area contributed by atoms with Gasteiger partial charge in [-0.3, -0.25) is 14.5 Å². The molecule has 2 aliphatic heterocycles. The molecule has 0 saturated carbocycles. The number of piperazine rings is 1. The second-order valence-electron chi connectivity index (χ2n) is 5.88. The van der Waals surface area contributed by atoms with Crippen LogP contribution in [0.3, 0.4) is 0 Å². The van der Waals surface area contributed by atoms with Crippen molar-refractivity contribution in [2.24, 2.45) is 0 Å². The lowest BCUT2D eigenvalue weighted by Gasteiger charge is -2.28. The second-order valence-corrected chi connectivity index (χ2v) is 5.88. The molecule has 0 aromatic carbocycles. The predicted octanol–water partition coefficient (Wildman–Crippen LogP) is 0.221. The summed E-state index contributed by atoms with van der Waals surface area (Å²) < 4.78 is 0. The summed E-state index contributed by atoms with van der Waals surface area (Å²) in [4.78, 5) is 28.4. The third-order valence-corrected chi connectivity index (χ3v) is 4.28. The van der Waals surface area contributed by atoms with E-state index in [-0.39, 0.29) is 30.3 Å². The monoisotopic (exact) mass is 332 g/mol. The quantitative estimate of drug-likeness (QED) is 0.730. The number of likely N-dealkylation sites (tertiary alicyclic amines) is 1. The van der Waals surface area contributed by atoms with Crippen molar-refractivity contribution in [2.75, 3.05) is 45.8 Å². The Hall–Kier alpha value is -0.850. The molecule has 2 fully saturated rings. The van der Waals surface area contributed by atoms with Crippen LogP contribution in [0.25, 0.3) is 0 Å². The van der Waals surface area contributed by atoms with Crippen molar-refractivity contribution < 1.29 is 9.59 Å². The standard InChI is InChI=1S/C15H28N4O2.ClH/c1-2-4-14(20)19-9-3-5-13(19)15(21)17-8-12-18-10-6-16-7-11-18;/h13,16H,2-12H2,1H3,(H,17,21);1H. The summed E-state index contributed by atoms with van der Waals surface area (Å²) in [5.41, 5.74) is 0. The van der Waals surface area contributed by atoms with E-state index in [1.807, 2.05) is 6.92 Å². The van der Waals surface area contributed by atoms with Crippen LogP contribution in [-0.4, -0.2) is 73.5 Å². The topological polar surface area (TPSA) is 64.7 Å². The van der Waals surface area contributed by atoms with Gasteiger partial charge in [-0.15, -0.1) is 12.4 Å². The van der Waals surface area contributed by atoms with Crippen LogP contribution < -0.4 is 10.6 Å². The van der Waals surface area contributed by atoms with Gasteiger partial charge in [0, 0.05) is 52.2 Å². The van der Waals surface area contributed by atoms with Crippen molar-refractivity contribution in [3.63, 3.8) is 0 Å². The zero-order valence-electron chi connectivity index (χ0n) is 13.5. The average Bonchev–Trinajstić information content (AvgIpc) is 2.98. The first-order valence-corrected chi connectivity index (χ1v) is 8.22. The van der Waals surface area contributed by atoms with E-state index in [0.29, 0.717) is 13.0 Å². The highest BCUT2D eigenvalue weighted by Crippen LogP contribution is 2.18. The highest BCUT2D eigenvalue weighted by molar-refractivity contribution is 5.88. The Morgan fingerprint density at radius 2 is 1.95 bits per heavy atom. The zero-order valence-corrected chi connectivity index (χ0v) is 14.3. The number of nitrogens with one attached hydrogen (secondary N) is 2. The molecule has 1 unspecified atom stereocenters. The van der Waals surface area contributed by atoms with Crippen molar-refractivity contribution >= 4 is 24.2 Å². The lowest BCUT2D eigenvalue weighted by molar-refractivity contribution is -0.138. The molecule has 0 spiro atoms.